The van der Waals surface area contributed by atoms with Crippen LogP contribution in [0.15, 0.2) is 53.0 Å². The van der Waals surface area contributed by atoms with Crippen molar-refractivity contribution >= 4 is 50.2 Å². The van der Waals surface area contributed by atoms with Crippen LogP contribution in [0.1, 0.15) is 32.8 Å². The molecule has 3 aromatic rings. The van der Waals surface area contributed by atoms with E-state index in [4.69, 9.17) is 0 Å². The molecule has 2 aromatic carbocycles. The largest absolute Gasteiger partial charge is 0.325 e. The zero-order valence-electron chi connectivity index (χ0n) is 15.0. The fourth-order valence-electron chi connectivity index (χ4n) is 3.30. The van der Waals surface area contributed by atoms with Crippen molar-refractivity contribution in [1.29, 1.82) is 0 Å². The van der Waals surface area contributed by atoms with Crippen LogP contribution in [0.4, 0.5) is 5.69 Å². The van der Waals surface area contributed by atoms with Crippen LogP contribution in [0.25, 0.3) is 10.9 Å². The zero-order valence-corrected chi connectivity index (χ0v) is 16.6. The minimum atomic E-state index is -0.359. The maximum absolute atomic E-state index is 12.5. The highest BCUT2D eigenvalue weighted by molar-refractivity contribution is 9.10. The third-order valence-corrected chi connectivity index (χ3v) is 5.11. The number of benzene rings is 2. The Kier molecular flexibility index (Phi) is 4.68. The lowest BCUT2D eigenvalue weighted by Crippen LogP contribution is -2.32. The molecule has 1 N–H and O–H groups in total. The minimum Gasteiger partial charge on any atom is -0.325 e. The molecule has 3 amide bonds. The summed E-state index contributed by atoms with van der Waals surface area (Å²) in [4.78, 5) is 42.9. The van der Waals surface area contributed by atoms with Gasteiger partial charge in [-0.1, -0.05) is 28.1 Å². The molecule has 7 heteroatoms. The third kappa shape index (κ3) is 3.29. The normalized spacial score (nSPS) is 13.1. The van der Waals surface area contributed by atoms with Gasteiger partial charge in [0.1, 0.15) is 0 Å². The van der Waals surface area contributed by atoms with Crippen molar-refractivity contribution in [2.24, 2.45) is 0 Å². The number of hydrogen-bond acceptors (Lipinski definition) is 4. The van der Waals surface area contributed by atoms with Gasteiger partial charge >= 0.3 is 0 Å². The Balaban J connectivity index is 1.49. The SMILES string of the molecule is Cc1cc(NC(=O)CCN2C(=O)c3ccccc3C2=O)c2cc(Br)ccc2n1. The molecule has 0 bridgehead atoms. The van der Waals surface area contributed by atoms with E-state index in [2.05, 4.69) is 26.2 Å². The van der Waals surface area contributed by atoms with Gasteiger partial charge in [-0.05, 0) is 43.3 Å². The second-order valence-corrected chi connectivity index (χ2v) is 7.49. The predicted molar refractivity (Wildman–Crippen MR) is 109 cm³/mol. The molecule has 0 saturated carbocycles. The van der Waals surface area contributed by atoms with Gasteiger partial charge in [0.2, 0.25) is 5.91 Å². The maximum Gasteiger partial charge on any atom is 0.261 e. The number of halogens is 1. The highest BCUT2D eigenvalue weighted by Gasteiger charge is 2.34. The van der Waals surface area contributed by atoms with Crippen LogP contribution in [0, 0.1) is 6.92 Å². The Morgan fingerprint density at radius 1 is 1.07 bits per heavy atom. The molecule has 28 heavy (non-hydrogen) atoms. The first-order valence-electron chi connectivity index (χ1n) is 8.76. The van der Waals surface area contributed by atoms with E-state index in [1.807, 2.05) is 25.1 Å². The number of nitrogens with one attached hydrogen (secondary N) is 1. The van der Waals surface area contributed by atoms with E-state index in [-0.39, 0.29) is 30.7 Å². The van der Waals surface area contributed by atoms with Crippen molar-refractivity contribution in [3.05, 3.63) is 69.8 Å². The average molecular weight is 438 g/mol. The van der Waals surface area contributed by atoms with Gasteiger partial charge < -0.3 is 5.32 Å². The molecule has 0 unspecified atom stereocenters. The van der Waals surface area contributed by atoms with Gasteiger partial charge in [-0.3, -0.25) is 24.3 Å². The summed E-state index contributed by atoms with van der Waals surface area (Å²) in [6.45, 7) is 1.89. The molecule has 4 rings (SSSR count). The number of pyridine rings is 1. The first-order valence-corrected chi connectivity index (χ1v) is 9.55. The molecular weight excluding hydrogens is 422 g/mol. The van der Waals surface area contributed by atoms with Crippen molar-refractivity contribution in [3.63, 3.8) is 0 Å². The number of carbonyl (C=O) groups is 3. The summed E-state index contributed by atoms with van der Waals surface area (Å²) >= 11 is 3.43. The van der Waals surface area contributed by atoms with Crippen LogP contribution >= 0.6 is 15.9 Å². The Morgan fingerprint density at radius 3 is 2.43 bits per heavy atom. The van der Waals surface area contributed by atoms with Gasteiger partial charge in [0, 0.05) is 28.5 Å². The number of amides is 3. The summed E-state index contributed by atoms with van der Waals surface area (Å²) in [5.74, 6) is -0.992. The van der Waals surface area contributed by atoms with E-state index in [1.165, 1.54) is 0 Å². The Bertz CT molecular complexity index is 1110. The molecule has 1 aliphatic heterocycles. The van der Waals surface area contributed by atoms with Gasteiger partial charge in [-0.25, -0.2) is 0 Å². The highest BCUT2D eigenvalue weighted by Crippen LogP contribution is 2.27. The molecule has 0 atom stereocenters. The molecular formula is C21H16BrN3O3. The molecule has 0 spiro atoms. The highest BCUT2D eigenvalue weighted by atomic mass is 79.9. The van der Waals surface area contributed by atoms with E-state index in [1.54, 1.807) is 30.3 Å². The second kappa shape index (κ2) is 7.16. The number of anilines is 1. The summed E-state index contributed by atoms with van der Waals surface area (Å²) < 4.78 is 0.882. The van der Waals surface area contributed by atoms with Crippen molar-refractivity contribution in [2.45, 2.75) is 13.3 Å². The number of imide groups is 1. The first kappa shape index (κ1) is 18.3. The van der Waals surface area contributed by atoms with Gasteiger partial charge in [0.25, 0.3) is 11.8 Å². The lowest BCUT2D eigenvalue weighted by atomic mass is 10.1. The topological polar surface area (TPSA) is 79.4 Å². The number of hydrogen-bond donors (Lipinski definition) is 1. The number of aromatic nitrogens is 1. The molecule has 2 heterocycles. The Hall–Kier alpha value is -3.06. The zero-order chi connectivity index (χ0) is 19.8. The van der Waals surface area contributed by atoms with E-state index in [0.29, 0.717) is 16.8 Å². The first-order chi connectivity index (χ1) is 13.4. The Labute approximate surface area is 169 Å². The van der Waals surface area contributed by atoms with Gasteiger partial charge in [-0.2, -0.15) is 0 Å². The number of rotatable bonds is 4. The third-order valence-electron chi connectivity index (χ3n) is 4.61. The minimum absolute atomic E-state index is 0.0162. The van der Waals surface area contributed by atoms with E-state index >= 15 is 0 Å². The smallest absolute Gasteiger partial charge is 0.261 e. The number of carbonyl (C=O) groups excluding carboxylic acids is 3. The fraction of sp³-hybridized carbons (Fsp3) is 0.143. The monoisotopic (exact) mass is 437 g/mol. The number of fused-ring (bicyclic) bond motifs is 2. The Morgan fingerprint density at radius 2 is 1.75 bits per heavy atom. The second-order valence-electron chi connectivity index (χ2n) is 6.58. The van der Waals surface area contributed by atoms with Gasteiger partial charge in [-0.15, -0.1) is 0 Å². The molecule has 1 aliphatic rings. The molecule has 6 nitrogen and oxygen atoms in total. The quantitative estimate of drug-likeness (QED) is 0.627. The molecule has 0 fully saturated rings. The lowest BCUT2D eigenvalue weighted by molar-refractivity contribution is -0.116. The van der Waals surface area contributed by atoms with Crippen LogP contribution in [0.3, 0.4) is 0 Å². The van der Waals surface area contributed by atoms with Crippen molar-refractivity contribution in [2.75, 3.05) is 11.9 Å². The van der Waals surface area contributed by atoms with E-state index < -0.39 is 0 Å². The van der Waals surface area contributed by atoms with Crippen LogP contribution in [-0.2, 0) is 4.79 Å². The van der Waals surface area contributed by atoms with Crippen LogP contribution in [0.2, 0.25) is 0 Å². The average Bonchev–Trinajstić information content (AvgIpc) is 2.91. The maximum atomic E-state index is 12.5. The van der Waals surface area contributed by atoms with Crippen LogP contribution in [-0.4, -0.2) is 34.2 Å². The summed E-state index contributed by atoms with van der Waals surface area (Å²) in [6.07, 6.45) is 0.0162. The predicted octanol–water partition coefficient (Wildman–Crippen LogP) is 3.93. The lowest BCUT2D eigenvalue weighted by Gasteiger charge is -2.14. The summed E-state index contributed by atoms with van der Waals surface area (Å²) in [5, 5.41) is 3.69. The van der Waals surface area contributed by atoms with Gasteiger partial charge in [0.15, 0.2) is 0 Å². The summed E-state index contributed by atoms with van der Waals surface area (Å²) in [7, 11) is 0. The molecule has 0 saturated heterocycles. The number of aryl methyl sites for hydroxylation is 1. The summed E-state index contributed by atoms with van der Waals surface area (Å²) in [6, 6.07) is 14.1. The molecule has 0 radical (unpaired) electrons. The summed E-state index contributed by atoms with van der Waals surface area (Å²) in [5.41, 5.74) is 2.97. The molecule has 0 aliphatic carbocycles. The van der Waals surface area contributed by atoms with Crippen molar-refractivity contribution in [3.8, 4) is 0 Å². The standard InChI is InChI=1S/C21H16BrN3O3/c1-12-10-18(16-11-13(22)6-7-17(16)23-12)24-19(26)8-9-25-20(27)14-4-2-3-5-15(14)21(25)28/h2-7,10-11H,8-9H2,1H3,(H,23,24,26). The number of nitrogens with zero attached hydrogens (tertiary/aromatic N) is 2. The van der Waals surface area contributed by atoms with E-state index in [9.17, 15) is 14.4 Å². The van der Waals surface area contributed by atoms with Crippen LogP contribution < -0.4 is 5.32 Å². The van der Waals surface area contributed by atoms with Crippen LogP contribution in [0.5, 0.6) is 0 Å². The van der Waals surface area contributed by atoms with Crippen molar-refractivity contribution in [1.82, 2.24) is 9.88 Å². The van der Waals surface area contributed by atoms with Gasteiger partial charge in [0.05, 0.1) is 22.3 Å². The fourth-order valence-corrected chi connectivity index (χ4v) is 3.66. The van der Waals surface area contributed by atoms with Crippen molar-refractivity contribution < 1.29 is 14.4 Å². The van der Waals surface area contributed by atoms with E-state index in [0.717, 1.165) is 26.0 Å². The molecule has 1 aromatic heterocycles. The molecule has 140 valence electrons.